The van der Waals surface area contributed by atoms with Crippen LogP contribution in [0.15, 0.2) is 22.7 Å². The molecule has 0 unspecified atom stereocenters. The first-order valence-electron chi connectivity index (χ1n) is 4.86. The van der Waals surface area contributed by atoms with Crippen LogP contribution >= 0.6 is 15.9 Å². The van der Waals surface area contributed by atoms with E-state index >= 15 is 0 Å². The summed E-state index contributed by atoms with van der Waals surface area (Å²) in [4.78, 5) is 13.6. The number of nitrogens with two attached hydrogens (primary N) is 1. The van der Waals surface area contributed by atoms with Crippen molar-refractivity contribution in [1.82, 2.24) is 4.90 Å². The normalized spacial score (nSPS) is 10.1. The summed E-state index contributed by atoms with van der Waals surface area (Å²) in [6, 6.07) is 5.31. The summed E-state index contributed by atoms with van der Waals surface area (Å²) < 4.78 is 0.884. The number of amides is 1. The van der Waals surface area contributed by atoms with Crippen LogP contribution in [-0.2, 0) is 0 Å². The molecule has 0 fully saturated rings. The number of nitrogens with zero attached hydrogens (tertiary/aromatic N) is 1. The molecule has 0 heterocycles. The fourth-order valence-corrected chi connectivity index (χ4v) is 1.75. The molecule has 1 rings (SSSR count). The van der Waals surface area contributed by atoms with Crippen molar-refractivity contribution in [3.63, 3.8) is 0 Å². The molecular weight excluding hydrogens is 256 g/mol. The lowest BCUT2D eigenvalue weighted by Crippen LogP contribution is -2.28. The topological polar surface area (TPSA) is 46.3 Å². The van der Waals surface area contributed by atoms with Gasteiger partial charge in [-0.15, -0.1) is 0 Å². The van der Waals surface area contributed by atoms with Gasteiger partial charge in [0.2, 0.25) is 0 Å². The van der Waals surface area contributed by atoms with Crippen LogP contribution in [0.25, 0.3) is 0 Å². The Balaban J connectivity index is 2.91. The van der Waals surface area contributed by atoms with Crippen LogP contribution in [0.2, 0.25) is 0 Å². The Hall–Kier alpha value is -1.03. The third-order valence-electron chi connectivity index (χ3n) is 2.15. The Bertz CT molecular complexity index is 366. The Morgan fingerprint density at radius 3 is 2.73 bits per heavy atom. The summed E-state index contributed by atoms with van der Waals surface area (Å²) in [6.45, 7) is 2.78. The highest BCUT2D eigenvalue weighted by atomic mass is 79.9. The van der Waals surface area contributed by atoms with Crippen molar-refractivity contribution in [2.75, 3.05) is 19.3 Å². The fourth-order valence-electron chi connectivity index (χ4n) is 1.37. The van der Waals surface area contributed by atoms with E-state index in [0.717, 1.165) is 17.4 Å². The molecule has 0 aromatic heterocycles. The van der Waals surface area contributed by atoms with Gasteiger partial charge in [-0.05, 0) is 24.6 Å². The van der Waals surface area contributed by atoms with Crippen molar-refractivity contribution in [3.05, 3.63) is 28.2 Å². The van der Waals surface area contributed by atoms with Crippen LogP contribution in [0.4, 0.5) is 5.69 Å². The number of hydrogen-bond donors (Lipinski definition) is 1. The number of rotatable bonds is 3. The van der Waals surface area contributed by atoms with Crippen molar-refractivity contribution >= 4 is 27.5 Å². The van der Waals surface area contributed by atoms with Gasteiger partial charge in [0.1, 0.15) is 0 Å². The van der Waals surface area contributed by atoms with Gasteiger partial charge >= 0.3 is 0 Å². The van der Waals surface area contributed by atoms with Crippen LogP contribution in [-0.4, -0.2) is 24.4 Å². The van der Waals surface area contributed by atoms with E-state index in [9.17, 15) is 4.79 Å². The molecule has 3 nitrogen and oxygen atoms in total. The maximum Gasteiger partial charge on any atom is 0.255 e. The molecule has 2 N–H and O–H groups in total. The van der Waals surface area contributed by atoms with Gasteiger partial charge in [0.15, 0.2) is 0 Å². The average molecular weight is 271 g/mol. The number of halogens is 1. The molecule has 0 saturated carbocycles. The molecule has 1 aromatic rings. The molecule has 0 aliphatic carbocycles. The monoisotopic (exact) mass is 270 g/mol. The number of anilines is 1. The Labute approximate surface area is 98.4 Å². The van der Waals surface area contributed by atoms with Gasteiger partial charge in [-0.3, -0.25) is 4.79 Å². The number of hydrogen-bond acceptors (Lipinski definition) is 2. The SMILES string of the molecule is CCCN(C)C(=O)c1ccc(Br)cc1N. The summed E-state index contributed by atoms with van der Waals surface area (Å²) in [6.07, 6.45) is 0.943. The number of nitrogen functional groups attached to an aromatic ring is 1. The van der Waals surface area contributed by atoms with Crippen molar-refractivity contribution in [2.24, 2.45) is 0 Å². The molecule has 0 atom stereocenters. The van der Waals surface area contributed by atoms with Gasteiger partial charge in [-0.2, -0.15) is 0 Å². The molecular formula is C11H15BrN2O. The Kier molecular flexibility index (Phi) is 4.15. The number of carbonyl (C=O) groups is 1. The Morgan fingerprint density at radius 2 is 2.20 bits per heavy atom. The highest BCUT2D eigenvalue weighted by Gasteiger charge is 2.13. The molecule has 15 heavy (non-hydrogen) atoms. The summed E-state index contributed by atoms with van der Waals surface area (Å²) in [5.41, 5.74) is 6.85. The van der Waals surface area contributed by atoms with Gasteiger partial charge in [0.05, 0.1) is 5.56 Å². The molecule has 0 bridgehead atoms. The molecule has 0 spiro atoms. The third-order valence-corrected chi connectivity index (χ3v) is 2.64. The van der Waals surface area contributed by atoms with Crippen LogP contribution < -0.4 is 5.73 Å². The first kappa shape index (κ1) is 12.0. The van der Waals surface area contributed by atoms with Crippen LogP contribution in [0, 0.1) is 0 Å². The number of benzene rings is 1. The minimum absolute atomic E-state index is 0.0261. The van der Waals surface area contributed by atoms with E-state index in [1.165, 1.54) is 0 Å². The first-order chi connectivity index (χ1) is 7.06. The molecule has 0 saturated heterocycles. The van der Waals surface area contributed by atoms with Gasteiger partial charge < -0.3 is 10.6 Å². The van der Waals surface area contributed by atoms with E-state index in [4.69, 9.17) is 5.73 Å². The second-order valence-electron chi connectivity index (χ2n) is 3.46. The van der Waals surface area contributed by atoms with Gasteiger partial charge in [0, 0.05) is 23.8 Å². The summed E-state index contributed by atoms with van der Waals surface area (Å²) >= 11 is 3.31. The van der Waals surface area contributed by atoms with Gasteiger partial charge in [-0.25, -0.2) is 0 Å². The smallest absolute Gasteiger partial charge is 0.255 e. The minimum Gasteiger partial charge on any atom is -0.398 e. The van der Waals surface area contributed by atoms with Crippen molar-refractivity contribution in [3.8, 4) is 0 Å². The van der Waals surface area contributed by atoms with E-state index in [1.807, 2.05) is 13.0 Å². The van der Waals surface area contributed by atoms with Crippen molar-refractivity contribution < 1.29 is 4.79 Å². The maximum absolute atomic E-state index is 11.9. The highest BCUT2D eigenvalue weighted by Crippen LogP contribution is 2.19. The van der Waals surface area contributed by atoms with Gasteiger partial charge in [-0.1, -0.05) is 22.9 Å². The zero-order chi connectivity index (χ0) is 11.4. The lowest BCUT2D eigenvalue weighted by molar-refractivity contribution is 0.0796. The minimum atomic E-state index is -0.0261. The predicted molar refractivity (Wildman–Crippen MR) is 65.8 cm³/mol. The molecule has 0 aliphatic heterocycles. The zero-order valence-corrected chi connectivity index (χ0v) is 10.5. The predicted octanol–water partition coefficient (Wildman–Crippen LogP) is 2.51. The molecule has 0 radical (unpaired) electrons. The molecule has 1 amide bonds. The summed E-state index contributed by atoms with van der Waals surface area (Å²) in [7, 11) is 1.79. The van der Waals surface area contributed by atoms with Crippen LogP contribution in [0.1, 0.15) is 23.7 Å². The van der Waals surface area contributed by atoms with Crippen molar-refractivity contribution in [2.45, 2.75) is 13.3 Å². The fraction of sp³-hybridized carbons (Fsp3) is 0.364. The highest BCUT2D eigenvalue weighted by molar-refractivity contribution is 9.10. The van der Waals surface area contributed by atoms with E-state index in [0.29, 0.717) is 11.3 Å². The van der Waals surface area contributed by atoms with E-state index in [-0.39, 0.29) is 5.91 Å². The van der Waals surface area contributed by atoms with Gasteiger partial charge in [0.25, 0.3) is 5.91 Å². The van der Waals surface area contributed by atoms with Crippen molar-refractivity contribution in [1.29, 1.82) is 0 Å². The van der Waals surface area contributed by atoms with Crippen LogP contribution in [0.5, 0.6) is 0 Å². The second-order valence-corrected chi connectivity index (χ2v) is 4.37. The lowest BCUT2D eigenvalue weighted by Gasteiger charge is -2.17. The summed E-state index contributed by atoms with van der Waals surface area (Å²) in [5, 5.41) is 0. The first-order valence-corrected chi connectivity index (χ1v) is 5.66. The summed E-state index contributed by atoms with van der Waals surface area (Å²) in [5.74, 6) is -0.0261. The molecule has 82 valence electrons. The third kappa shape index (κ3) is 2.96. The second kappa shape index (κ2) is 5.16. The van der Waals surface area contributed by atoms with E-state index in [1.54, 1.807) is 24.1 Å². The standard InChI is InChI=1S/C11H15BrN2O/c1-3-6-14(2)11(15)9-5-4-8(12)7-10(9)13/h4-5,7H,3,6,13H2,1-2H3. The Morgan fingerprint density at radius 1 is 1.53 bits per heavy atom. The molecule has 0 aliphatic rings. The lowest BCUT2D eigenvalue weighted by atomic mass is 10.1. The maximum atomic E-state index is 11.9. The molecule has 4 heteroatoms. The number of carbonyl (C=O) groups excluding carboxylic acids is 1. The largest absolute Gasteiger partial charge is 0.398 e. The zero-order valence-electron chi connectivity index (χ0n) is 8.96. The van der Waals surface area contributed by atoms with Crippen LogP contribution in [0.3, 0.4) is 0 Å². The van der Waals surface area contributed by atoms with E-state index in [2.05, 4.69) is 15.9 Å². The quantitative estimate of drug-likeness (QED) is 0.858. The van der Waals surface area contributed by atoms with E-state index < -0.39 is 0 Å². The molecule has 1 aromatic carbocycles. The average Bonchev–Trinajstić information content (AvgIpc) is 2.17.